The van der Waals surface area contributed by atoms with Crippen LogP contribution in [-0.2, 0) is 4.79 Å². The van der Waals surface area contributed by atoms with E-state index in [1.54, 1.807) is 24.3 Å². The molecule has 0 spiro atoms. The third-order valence-electron chi connectivity index (χ3n) is 4.07. The van der Waals surface area contributed by atoms with E-state index >= 15 is 0 Å². The molecular weight excluding hydrogens is 368 g/mol. The fraction of sp³-hybridized carbons (Fsp3) is 0.300. The largest absolute Gasteiger partial charge is 0.486 e. The predicted octanol–water partition coefficient (Wildman–Crippen LogP) is 2.81. The van der Waals surface area contributed by atoms with E-state index in [0.717, 1.165) is 5.75 Å². The Morgan fingerprint density at radius 2 is 1.78 bits per heavy atom. The third-order valence-corrected chi connectivity index (χ3v) is 4.32. The van der Waals surface area contributed by atoms with Crippen LogP contribution in [0, 0.1) is 0 Å². The molecule has 6 nitrogen and oxygen atoms in total. The first-order valence-corrected chi connectivity index (χ1v) is 9.18. The van der Waals surface area contributed by atoms with Crippen LogP contribution in [0.25, 0.3) is 0 Å². The van der Waals surface area contributed by atoms with E-state index in [2.05, 4.69) is 10.6 Å². The van der Waals surface area contributed by atoms with Crippen LogP contribution in [-0.4, -0.2) is 37.6 Å². The van der Waals surface area contributed by atoms with Crippen molar-refractivity contribution in [2.24, 2.45) is 0 Å². The van der Waals surface area contributed by atoms with Gasteiger partial charge < -0.3 is 20.1 Å². The first-order valence-electron chi connectivity index (χ1n) is 8.81. The van der Waals surface area contributed by atoms with E-state index < -0.39 is 0 Å². The topological polar surface area (TPSA) is 76.7 Å². The molecule has 0 aliphatic carbocycles. The Hall–Kier alpha value is -2.73. The van der Waals surface area contributed by atoms with Crippen molar-refractivity contribution in [2.75, 3.05) is 19.7 Å². The number of rotatable bonds is 7. The summed E-state index contributed by atoms with van der Waals surface area (Å²) in [6.07, 6.45) is 0.662. The van der Waals surface area contributed by atoms with Crippen LogP contribution in [0.5, 0.6) is 11.5 Å². The second kappa shape index (κ2) is 9.28. The number of benzene rings is 2. The molecule has 1 atom stereocenters. The lowest BCUT2D eigenvalue weighted by Gasteiger charge is -2.26. The summed E-state index contributed by atoms with van der Waals surface area (Å²) in [5.74, 6) is 1.14. The fourth-order valence-corrected chi connectivity index (χ4v) is 2.76. The van der Waals surface area contributed by atoms with Gasteiger partial charge in [-0.2, -0.15) is 0 Å². The third kappa shape index (κ3) is 5.62. The van der Waals surface area contributed by atoms with Gasteiger partial charge in [0.15, 0.2) is 11.5 Å². The van der Waals surface area contributed by atoms with Crippen molar-refractivity contribution in [1.82, 2.24) is 10.6 Å². The summed E-state index contributed by atoms with van der Waals surface area (Å²) < 4.78 is 11.4. The van der Waals surface area contributed by atoms with E-state index in [0.29, 0.717) is 48.9 Å². The molecule has 142 valence electrons. The van der Waals surface area contributed by atoms with E-state index in [-0.39, 0.29) is 17.9 Å². The van der Waals surface area contributed by atoms with E-state index in [1.807, 2.05) is 24.3 Å². The summed E-state index contributed by atoms with van der Waals surface area (Å²) in [5.41, 5.74) is 0.540. The number of nitrogens with one attached hydrogen (secondary N) is 2. The van der Waals surface area contributed by atoms with Crippen LogP contribution in [0.15, 0.2) is 48.5 Å². The smallest absolute Gasteiger partial charge is 0.251 e. The number of hydrogen-bond donors (Lipinski definition) is 2. The maximum Gasteiger partial charge on any atom is 0.251 e. The highest BCUT2D eigenvalue weighted by atomic mass is 35.5. The van der Waals surface area contributed by atoms with E-state index in [9.17, 15) is 9.59 Å². The molecule has 1 aliphatic rings. The van der Waals surface area contributed by atoms with Gasteiger partial charge in [0.1, 0.15) is 12.7 Å². The molecular formula is C20H21ClN2O4. The molecule has 1 unspecified atom stereocenters. The highest BCUT2D eigenvalue weighted by Gasteiger charge is 2.20. The zero-order valence-electron chi connectivity index (χ0n) is 14.7. The summed E-state index contributed by atoms with van der Waals surface area (Å²) in [5, 5.41) is 6.20. The molecule has 2 aromatic carbocycles. The standard InChI is InChI=1S/C20H21ClN2O4/c21-15-9-7-14(8-10-15)20(25)22-11-3-6-19(24)23-12-16-13-26-17-4-1-2-5-18(17)27-16/h1-2,4-5,7-10,16H,3,6,11-13H2,(H,22,25)(H,23,24). The van der Waals surface area contributed by atoms with Gasteiger partial charge in [-0.25, -0.2) is 0 Å². The molecule has 0 aromatic heterocycles. The average Bonchev–Trinajstić information content (AvgIpc) is 2.70. The van der Waals surface area contributed by atoms with Crippen molar-refractivity contribution < 1.29 is 19.1 Å². The molecule has 1 heterocycles. The van der Waals surface area contributed by atoms with Gasteiger partial charge >= 0.3 is 0 Å². The number of carbonyl (C=O) groups excluding carboxylic acids is 2. The molecule has 0 saturated carbocycles. The molecule has 2 amide bonds. The van der Waals surface area contributed by atoms with E-state index in [1.165, 1.54) is 0 Å². The number of ether oxygens (including phenoxy) is 2. The van der Waals surface area contributed by atoms with Crippen LogP contribution < -0.4 is 20.1 Å². The van der Waals surface area contributed by atoms with Crippen molar-refractivity contribution in [1.29, 1.82) is 0 Å². The number of hydrogen-bond acceptors (Lipinski definition) is 4. The van der Waals surface area contributed by atoms with Crippen LogP contribution >= 0.6 is 11.6 Å². The highest BCUT2D eigenvalue weighted by molar-refractivity contribution is 6.30. The monoisotopic (exact) mass is 388 g/mol. The van der Waals surface area contributed by atoms with Gasteiger partial charge in [0.2, 0.25) is 5.91 Å². The van der Waals surface area contributed by atoms with Crippen molar-refractivity contribution in [3.63, 3.8) is 0 Å². The van der Waals surface area contributed by atoms with E-state index in [4.69, 9.17) is 21.1 Å². The second-order valence-corrected chi connectivity index (χ2v) is 6.60. The summed E-state index contributed by atoms with van der Waals surface area (Å²) in [7, 11) is 0. The number of carbonyl (C=O) groups is 2. The molecule has 3 rings (SSSR count). The summed E-state index contributed by atoms with van der Waals surface area (Å²) in [6.45, 7) is 1.20. The normalized spacial score (nSPS) is 15.1. The molecule has 7 heteroatoms. The summed E-state index contributed by atoms with van der Waals surface area (Å²) in [4.78, 5) is 23.9. The lowest BCUT2D eigenvalue weighted by molar-refractivity contribution is -0.121. The first kappa shape index (κ1) is 19.0. The number of para-hydroxylation sites is 2. The molecule has 27 heavy (non-hydrogen) atoms. The maximum absolute atomic E-state index is 11.9. The summed E-state index contributed by atoms with van der Waals surface area (Å²) >= 11 is 5.80. The number of amides is 2. The van der Waals surface area contributed by atoms with Gasteiger partial charge in [-0.15, -0.1) is 0 Å². The molecule has 2 N–H and O–H groups in total. The highest BCUT2D eigenvalue weighted by Crippen LogP contribution is 2.30. The lowest BCUT2D eigenvalue weighted by Crippen LogP contribution is -2.40. The Labute approximate surface area is 162 Å². The Morgan fingerprint density at radius 1 is 1.04 bits per heavy atom. The minimum Gasteiger partial charge on any atom is -0.486 e. The maximum atomic E-state index is 11.9. The van der Waals surface area contributed by atoms with Gasteiger partial charge in [0.05, 0.1) is 6.54 Å². The molecule has 0 saturated heterocycles. The Balaban J connectivity index is 1.31. The molecule has 1 aliphatic heterocycles. The number of halogens is 1. The Bertz CT molecular complexity index is 795. The van der Waals surface area contributed by atoms with Crippen molar-refractivity contribution in [3.8, 4) is 11.5 Å². The van der Waals surface area contributed by atoms with Crippen LogP contribution in [0.4, 0.5) is 0 Å². The summed E-state index contributed by atoms with van der Waals surface area (Å²) in [6, 6.07) is 14.1. The minimum absolute atomic E-state index is 0.0850. The fourth-order valence-electron chi connectivity index (χ4n) is 2.63. The van der Waals surface area contributed by atoms with Crippen LogP contribution in [0.2, 0.25) is 5.02 Å². The Kier molecular flexibility index (Phi) is 6.54. The number of fused-ring (bicyclic) bond motifs is 1. The van der Waals surface area contributed by atoms with Gasteiger partial charge in [-0.1, -0.05) is 23.7 Å². The molecule has 2 aromatic rings. The lowest BCUT2D eigenvalue weighted by atomic mass is 10.2. The first-order chi connectivity index (χ1) is 13.1. The second-order valence-electron chi connectivity index (χ2n) is 6.17. The Morgan fingerprint density at radius 3 is 2.56 bits per heavy atom. The van der Waals surface area contributed by atoms with Crippen molar-refractivity contribution >= 4 is 23.4 Å². The van der Waals surface area contributed by atoms with Gasteiger partial charge in [-0.05, 0) is 42.8 Å². The molecule has 0 bridgehead atoms. The predicted molar refractivity (Wildman–Crippen MR) is 102 cm³/mol. The quantitative estimate of drug-likeness (QED) is 0.715. The zero-order chi connectivity index (χ0) is 19.1. The SMILES string of the molecule is O=C(CCCNC(=O)c1ccc(Cl)cc1)NCC1COc2ccccc2O1. The van der Waals surface area contributed by atoms with Crippen molar-refractivity contribution in [2.45, 2.75) is 18.9 Å². The van der Waals surface area contributed by atoms with Crippen molar-refractivity contribution in [3.05, 3.63) is 59.1 Å². The molecule has 0 radical (unpaired) electrons. The zero-order valence-corrected chi connectivity index (χ0v) is 15.5. The molecule has 0 fully saturated rings. The van der Waals surface area contributed by atoms with Gasteiger partial charge in [-0.3, -0.25) is 9.59 Å². The van der Waals surface area contributed by atoms with Gasteiger partial charge in [0, 0.05) is 23.6 Å². The van der Waals surface area contributed by atoms with Gasteiger partial charge in [0.25, 0.3) is 5.91 Å². The minimum atomic E-state index is -0.214. The van der Waals surface area contributed by atoms with Crippen LogP contribution in [0.1, 0.15) is 23.2 Å². The van der Waals surface area contributed by atoms with Crippen LogP contribution in [0.3, 0.4) is 0 Å². The average molecular weight is 389 g/mol.